The first-order valence-corrected chi connectivity index (χ1v) is 8.39. The topological polar surface area (TPSA) is 69.6 Å². The number of carboxylic acid groups (broad SMARTS) is 1. The molecule has 0 aromatic rings. The molecule has 0 spiro atoms. The van der Waals surface area contributed by atoms with Crippen LogP contribution in [0.1, 0.15) is 64.7 Å². The number of nitrogens with zero attached hydrogens (tertiary/aromatic N) is 1. The standard InChI is InChI=1S/C16H28N2O3/c1-2-13(11-12-6-7-12)17-16(21)18-10-4-3-5-14(18)8-9-15(19)20/h12-14H,2-11H2,1H3,(H,17,21)(H,19,20). The van der Waals surface area contributed by atoms with E-state index in [4.69, 9.17) is 5.11 Å². The average Bonchev–Trinajstić information content (AvgIpc) is 3.28. The molecule has 2 rings (SSSR count). The number of hydrogen-bond acceptors (Lipinski definition) is 2. The van der Waals surface area contributed by atoms with Gasteiger partial charge in [0.15, 0.2) is 0 Å². The fraction of sp³-hybridized carbons (Fsp3) is 0.875. The van der Waals surface area contributed by atoms with Crippen LogP contribution < -0.4 is 5.32 Å². The van der Waals surface area contributed by atoms with Gasteiger partial charge in [-0.2, -0.15) is 0 Å². The summed E-state index contributed by atoms with van der Waals surface area (Å²) in [5.41, 5.74) is 0. The maximum absolute atomic E-state index is 12.5. The number of hydrogen-bond donors (Lipinski definition) is 2. The average molecular weight is 296 g/mol. The summed E-state index contributed by atoms with van der Waals surface area (Å²) in [4.78, 5) is 25.1. The zero-order valence-electron chi connectivity index (χ0n) is 13.0. The number of carbonyl (C=O) groups is 2. The van der Waals surface area contributed by atoms with Crippen LogP contribution in [0.25, 0.3) is 0 Å². The molecule has 0 aromatic heterocycles. The number of aliphatic carboxylic acids is 1. The number of rotatable bonds is 7. The van der Waals surface area contributed by atoms with Crippen molar-refractivity contribution in [1.29, 1.82) is 0 Å². The third-order valence-electron chi connectivity index (χ3n) is 4.71. The lowest BCUT2D eigenvalue weighted by molar-refractivity contribution is -0.137. The fourth-order valence-corrected chi connectivity index (χ4v) is 3.20. The highest BCUT2D eigenvalue weighted by Crippen LogP contribution is 2.34. The molecule has 1 aliphatic carbocycles. The molecule has 21 heavy (non-hydrogen) atoms. The van der Waals surface area contributed by atoms with Crippen molar-refractivity contribution in [3.8, 4) is 0 Å². The number of piperidine rings is 1. The molecule has 1 heterocycles. The van der Waals surface area contributed by atoms with Crippen molar-refractivity contribution in [2.75, 3.05) is 6.54 Å². The van der Waals surface area contributed by atoms with E-state index in [0.717, 1.165) is 44.6 Å². The molecule has 0 aromatic carbocycles. The molecule has 0 bridgehead atoms. The lowest BCUT2D eigenvalue weighted by atomic mass is 9.98. The maximum atomic E-state index is 12.5. The molecule has 2 aliphatic rings. The molecule has 1 saturated carbocycles. The van der Waals surface area contributed by atoms with E-state index in [1.54, 1.807) is 0 Å². The van der Waals surface area contributed by atoms with Gasteiger partial charge >= 0.3 is 12.0 Å². The van der Waals surface area contributed by atoms with Crippen LogP contribution in [-0.4, -0.2) is 40.6 Å². The van der Waals surface area contributed by atoms with Crippen molar-refractivity contribution < 1.29 is 14.7 Å². The normalized spacial score (nSPS) is 23.7. The van der Waals surface area contributed by atoms with E-state index in [9.17, 15) is 9.59 Å². The van der Waals surface area contributed by atoms with Crippen LogP contribution in [0.3, 0.4) is 0 Å². The lowest BCUT2D eigenvalue weighted by Crippen LogP contribution is -2.51. The molecule has 120 valence electrons. The lowest BCUT2D eigenvalue weighted by Gasteiger charge is -2.36. The molecule has 0 radical (unpaired) electrons. The SMILES string of the molecule is CCC(CC1CC1)NC(=O)N1CCCCC1CCC(=O)O. The van der Waals surface area contributed by atoms with Crippen LogP contribution in [-0.2, 0) is 4.79 Å². The molecule has 2 unspecified atom stereocenters. The summed E-state index contributed by atoms with van der Waals surface area (Å²) >= 11 is 0. The molecule has 1 saturated heterocycles. The third-order valence-corrected chi connectivity index (χ3v) is 4.71. The van der Waals surface area contributed by atoms with Crippen LogP contribution in [0.2, 0.25) is 0 Å². The second-order valence-electron chi connectivity index (χ2n) is 6.51. The smallest absolute Gasteiger partial charge is 0.317 e. The van der Waals surface area contributed by atoms with Crippen molar-refractivity contribution in [3.05, 3.63) is 0 Å². The van der Waals surface area contributed by atoms with E-state index < -0.39 is 5.97 Å². The quantitative estimate of drug-likeness (QED) is 0.758. The van der Waals surface area contributed by atoms with Crippen molar-refractivity contribution >= 4 is 12.0 Å². The Balaban J connectivity index is 1.85. The van der Waals surface area contributed by atoms with Gasteiger partial charge in [-0.3, -0.25) is 4.79 Å². The van der Waals surface area contributed by atoms with Gasteiger partial charge in [0.05, 0.1) is 0 Å². The zero-order valence-corrected chi connectivity index (χ0v) is 13.0. The summed E-state index contributed by atoms with van der Waals surface area (Å²) in [6.45, 7) is 2.88. The molecular weight excluding hydrogens is 268 g/mol. The van der Waals surface area contributed by atoms with Gasteiger partial charge in [-0.1, -0.05) is 19.8 Å². The third kappa shape index (κ3) is 5.21. The van der Waals surface area contributed by atoms with E-state index in [0.29, 0.717) is 6.42 Å². The summed E-state index contributed by atoms with van der Waals surface area (Å²) in [7, 11) is 0. The van der Waals surface area contributed by atoms with Gasteiger partial charge in [-0.15, -0.1) is 0 Å². The molecule has 5 nitrogen and oxygen atoms in total. The molecular formula is C16H28N2O3. The minimum atomic E-state index is -0.777. The van der Waals surface area contributed by atoms with Gasteiger partial charge in [0.1, 0.15) is 0 Å². The second kappa shape index (κ2) is 7.66. The van der Waals surface area contributed by atoms with Crippen LogP contribution in [0, 0.1) is 5.92 Å². The Labute approximate surface area is 127 Å². The predicted octanol–water partition coefficient (Wildman–Crippen LogP) is 2.99. The van der Waals surface area contributed by atoms with Crippen molar-refractivity contribution in [3.63, 3.8) is 0 Å². The number of amides is 2. The molecule has 5 heteroatoms. The second-order valence-corrected chi connectivity index (χ2v) is 6.51. The Morgan fingerprint density at radius 2 is 2.05 bits per heavy atom. The number of carbonyl (C=O) groups excluding carboxylic acids is 1. The van der Waals surface area contributed by atoms with Gasteiger partial charge in [-0.05, 0) is 44.4 Å². The summed E-state index contributed by atoms with van der Waals surface area (Å²) in [5.74, 6) is 0.0283. The minimum Gasteiger partial charge on any atom is -0.481 e. The van der Waals surface area contributed by atoms with E-state index in [-0.39, 0.29) is 24.5 Å². The number of likely N-dealkylation sites (tertiary alicyclic amines) is 1. The van der Waals surface area contributed by atoms with Crippen molar-refractivity contribution in [2.24, 2.45) is 5.92 Å². The summed E-state index contributed by atoms with van der Waals surface area (Å²) in [5, 5.41) is 12.0. The highest BCUT2D eigenvalue weighted by atomic mass is 16.4. The van der Waals surface area contributed by atoms with Crippen molar-refractivity contribution in [1.82, 2.24) is 10.2 Å². The Morgan fingerprint density at radius 3 is 2.67 bits per heavy atom. The van der Waals surface area contributed by atoms with Gasteiger partial charge in [0.2, 0.25) is 0 Å². The van der Waals surface area contributed by atoms with E-state index in [2.05, 4.69) is 12.2 Å². The monoisotopic (exact) mass is 296 g/mol. The molecule has 2 N–H and O–H groups in total. The first-order valence-electron chi connectivity index (χ1n) is 8.39. The van der Waals surface area contributed by atoms with Crippen LogP contribution in [0.15, 0.2) is 0 Å². The van der Waals surface area contributed by atoms with Crippen LogP contribution >= 0.6 is 0 Å². The minimum absolute atomic E-state index is 0.0117. The Morgan fingerprint density at radius 1 is 1.29 bits per heavy atom. The molecule has 2 fully saturated rings. The van der Waals surface area contributed by atoms with Crippen LogP contribution in [0.5, 0.6) is 0 Å². The molecule has 1 aliphatic heterocycles. The Kier molecular flexibility index (Phi) is 5.88. The number of carboxylic acids is 1. The Bertz CT molecular complexity index is 369. The summed E-state index contributed by atoms with van der Waals surface area (Å²) in [6, 6.07) is 0.373. The first-order chi connectivity index (χ1) is 10.1. The summed E-state index contributed by atoms with van der Waals surface area (Å²) < 4.78 is 0. The predicted molar refractivity (Wildman–Crippen MR) is 81.2 cm³/mol. The first kappa shape index (κ1) is 16.1. The van der Waals surface area contributed by atoms with Gasteiger partial charge < -0.3 is 15.3 Å². The molecule has 2 amide bonds. The summed E-state index contributed by atoms with van der Waals surface area (Å²) in [6.07, 6.45) is 8.43. The van der Waals surface area contributed by atoms with Gasteiger partial charge in [0.25, 0.3) is 0 Å². The number of nitrogens with one attached hydrogen (secondary N) is 1. The van der Waals surface area contributed by atoms with Gasteiger partial charge in [0, 0.05) is 25.0 Å². The van der Waals surface area contributed by atoms with Crippen LogP contribution in [0.4, 0.5) is 4.79 Å². The number of urea groups is 1. The highest BCUT2D eigenvalue weighted by molar-refractivity contribution is 5.75. The Hall–Kier alpha value is -1.26. The zero-order chi connectivity index (χ0) is 15.2. The fourth-order valence-electron chi connectivity index (χ4n) is 3.20. The van der Waals surface area contributed by atoms with E-state index in [1.165, 1.54) is 12.8 Å². The largest absolute Gasteiger partial charge is 0.481 e. The van der Waals surface area contributed by atoms with E-state index >= 15 is 0 Å². The van der Waals surface area contributed by atoms with Crippen molar-refractivity contribution in [2.45, 2.75) is 76.8 Å². The van der Waals surface area contributed by atoms with Gasteiger partial charge in [-0.25, -0.2) is 4.79 Å². The highest BCUT2D eigenvalue weighted by Gasteiger charge is 2.30. The molecule has 2 atom stereocenters. The van der Waals surface area contributed by atoms with E-state index in [1.807, 2.05) is 4.90 Å². The maximum Gasteiger partial charge on any atom is 0.317 e.